The molecular formula is C31H32N6O10. The molecule has 0 spiro atoms. The summed E-state index contributed by atoms with van der Waals surface area (Å²) in [5.74, 6) is -5.44. The number of fused-ring (bicyclic) bond motifs is 2. The number of aromatic nitrogens is 1. The Hall–Kier alpha value is -6.03. The van der Waals surface area contributed by atoms with Crippen LogP contribution >= 0.6 is 0 Å². The molecule has 47 heavy (non-hydrogen) atoms. The van der Waals surface area contributed by atoms with Crippen molar-refractivity contribution in [2.24, 2.45) is 16.5 Å². The Balaban J connectivity index is 1.61. The lowest BCUT2D eigenvalue weighted by Gasteiger charge is -2.24. The van der Waals surface area contributed by atoms with Crippen molar-refractivity contribution < 1.29 is 48.8 Å². The van der Waals surface area contributed by atoms with Gasteiger partial charge in [-0.25, -0.2) is 9.79 Å². The molecule has 1 aliphatic rings. The molecule has 0 radical (unpaired) electrons. The number of ether oxygens (including phenoxy) is 2. The van der Waals surface area contributed by atoms with E-state index in [2.05, 4.69) is 9.98 Å². The van der Waals surface area contributed by atoms with E-state index < -0.39 is 49.4 Å². The average Bonchev–Trinajstić information content (AvgIpc) is 2.98. The first-order valence-corrected chi connectivity index (χ1v) is 14.2. The molecule has 0 saturated carbocycles. The summed E-state index contributed by atoms with van der Waals surface area (Å²) >= 11 is 0. The lowest BCUT2D eigenvalue weighted by molar-refractivity contribution is -0.142. The predicted molar refractivity (Wildman–Crippen MR) is 164 cm³/mol. The van der Waals surface area contributed by atoms with Crippen LogP contribution in [0.1, 0.15) is 44.1 Å². The van der Waals surface area contributed by atoms with Gasteiger partial charge in [-0.05, 0) is 60.9 Å². The number of carbonyl (C=O) groups is 5. The molecule has 2 aromatic carbocycles. The fourth-order valence-electron chi connectivity index (χ4n) is 4.92. The molecule has 1 aromatic heterocycles. The Labute approximate surface area is 267 Å². The second kappa shape index (κ2) is 15.3. The molecule has 0 fully saturated rings. The van der Waals surface area contributed by atoms with Crippen molar-refractivity contribution >= 4 is 41.4 Å². The number of nitrogens with two attached hydrogens (primary N) is 2. The number of aryl methyl sites for hydroxylation is 1. The number of guanidine groups is 1. The number of benzene rings is 2. The zero-order valence-corrected chi connectivity index (χ0v) is 25.0. The first kappa shape index (κ1) is 33.9. The zero-order chi connectivity index (χ0) is 34.1. The number of pyridine rings is 1. The molecule has 1 amide bonds. The van der Waals surface area contributed by atoms with Crippen LogP contribution in [0.4, 0.5) is 5.69 Å². The maximum Gasteiger partial charge on any atom is 0.343 e. The molecule has 0 unspecified atom stereocenters. The maximum atomic E-state index is 13.9. The fraction of sp³-hybridized carbons (Fsp3) is 0.258. The van der Waals surface area contributed by atoms with E-state index in [1.807, 2.05) is 0 Å². The van der Waals surface area contributed by atoms with Crippen LogP contribution in [0.15, 0.2) is 59.6 Å². The molecule has 16 heteroatoms. The van der Waals surface area contributed by atoms with Crippen molar-refractivity contribution in [3.05, 3.63) is 82.7 Å². The molecule has 0 aliphatic carbocycles. The largest absolute Gasteiger partial charge is 0.489 e. The first-order chi connectivity index (χ1) is 22.4. The van der Waals surface area contributed by atoms with Gasteiger partial charge in [0.2, 0.25) is 0 Å². The Bertz CT molecular complexity index is 1710. The summed E-state index contributed by atoms with van der Waals surface area (Å²) in [5.41, 5.74) is 12.8. The molecule has 246 valence electrons. The van der Waals surface area contributed by atoms with Crippen LogP contribution in [-0.2, 0) is 33.9 Å². The second-order valence-corrected chi connectivity index (χ2v) is 10.5. The average molecular weight is 649 g/mol. The smallest absolute Gasteiger partial charge is 0.343 e. The van der Waals surface area contributed by atoms with E-state index in [9.17, 15) is 29.1 Å². The number of hydrogen-bond acceptors (Lipinski definition) is 10. The van der Waals surface area contributed by atoms with E-state index in [0.29, 0.717) is 29.8 Å². The van der Waals surface area contributed by atoms with E-state index >= 15 is 0 Å². The van der Waals surface area contributed by atoms with Crippen LogP contribution in [0, 0.1) is 0 Å². The molecular weight excluding hydrogens is 616 g/mol. The van der Waals surface area contributed by atoms with Gasteiger partial charge in [-0.3, -0.25) is 29.1 Å². The zero-order valence-electron chi connectivity index (χ0n) is 25.0. The highest BCUT2D eigenvalue weighted by Gasteiger charge is 2.27. The summed E-state index contributed by atoms with van der Waals surface area (Å²) in [7, 11) is 0. The number of hydrogen-bond donors (Lipinski definition) is 5. The van der Waals surface area contributed by atoms with E-state index in [1.165, 1.54) is 24.3 Å². The minimum Gasteiger partial charge on any atom is -0.489 e. The topological polar surface area (TPSA) is 248 Å². The highest BCUT2D eigenvalue weighted by molar-refractivity contribution is 6.00. The summed E-state index contributed by atoms with van der Waals surface area (Å²) in [5, 5.41) is 27.9. The first-order valence-electron chi connectivity index (χ1n) is 14.2. The number of aliphatic carboxylic acids is 3. The lowest BCUT2D eigenvalue weighted by atomic mass is 10.0. The van der Waals surface area contributed by atoms with Crippen LogP contribution in [0.25, 0.3) is 0 Å². The van der Waals surface area contributed by atoms with Gasteiger partial charge in [0.05, 0.1) is 54.4 Å². The number of carboxylic acid groups (broad SMARTS) is 3. The Morgan fingerprint density at radius 3 is 2.19 bits per heavy atom. The number of esters is 1. The fourth-order valence-corrected chi connectivity index (χ4v) is 4.92. The molecule has 0 atom stereocenters. The van der Waals surface area contributed by atoms with Gasteiger partial charge in [0, 0.05) is 6.54 Å². The number of amides is 1. The van der Waals surface area contributed by atoms with E-state index in [4.69, 9.17) is 31.2 Å². The van der Waals surface area contributed by atoms with Crippen LogP contribution in [0.2, 0.25) is 0 Å². The number of nitrogens with zero attached hydrogens (tertiary/aromatic N) is 4. The Kier molecular flexibility index (Phi) is 11.0. The van der Waals surface area contributed by atoms with Gasteiger partial charge in [0.15, 0.2) is 17.5 Å². The summed E-state index contributed by atoms with van der Waals surface area (Å²) in [6.45, 7) is -2.09. The third kappa shape index (κ3) is 9.48. The van der Waals surface area contributed by atoms with Crippen LogP contribution < -0.4 is 20.9 Å². The molecule has 7 N–H and O–H groups in total. The molecule has 0 saturated heterocycles. The Morgan fingerprint density at radius 1 is 0.872 bits per heavy atom. The molecule has 3 aromatic rings. The third-order valence-corrected chi connectivity index (χ3v) is 6.75. The van der Waals surface area contributed by atoms with E-state index in [1.54, 1.807) is 30.3 Å². The standard InChI is InChI=1S/C31H32N6O10/c32-31(33)35-19-9-10-22-18(12-19)4-3-11-46-28-23(7-2-8-24(28)47-30(22)45)29(44)37(17-27(42)43)14-21-6-1-5-20(34-21)13-36(15-25(38)39)16-26(40)41/h1-2,5-10,12H,3-4,11,13-17H2,(H,38,39)(H,40,41)(H,42,43)(H4,32,33,35). The minimum absolute atomic E-state index is 0.0403. The SMILES string of the molecule is NC(N)=Nc1ccc2c(c1)CCCOc1c(cccc1C(=O)N(CC(=O)O)Cc1cccc(CN(CC(=O)O)CC(=O)O)n1)OC2=O. The van der Waals surface area contributed by atoms with Gasteiger partial charge >= 0.3 is 23.9 Å². The van der Waals surface area contributed by atoms with Crippen molar-refractivity contribution in [3.63, 3.8) is 0 Å². The predicted octanol–water partition coefficient (Wildman–Crippen LogP) is 1.23. The number of carboxylic acids is 3. The summed E-state index contributed by atoms with van der Waals surface area (Å²) in [6, 6.07) is 13.8. The number of rotatable bonds is 12. The van der Waals surface area contributed by atoms with Gasteiger partial charge < -0.3 is 41.2 Å². The van der Waals surface area contributed by atoms with Crippen molar-refractivity contribution in [3.8, 4) is 11.5 Å². The van der Waals surface area contributed by atoms with Crippen LogP contribution in [0.5, 0.6) is 11.5 Å². The van der Waals surface area contributed by atoms with Crippen molar-refractivity contribution in [2.75, 3.05) is 26.2 Å². The third-order valence-electron chi connectivity index (χ3n) is 6.75. The summed E-state index contributed by atoms with van der Waals surface area (Å²) in [4.78, 5) is 71.9. The highest BCUT2D eigenvalue weighted by atomic mass is 16.6. The van der Waals surface area contributed by atoms with E-state index in [0.717, 1.165) is 9.80 Å². The van der Waals surface area contributed by atoms with E-state index in [-0.39, 0.29) is 54.0 Å². The molecule has 2 heterocycles. The maximum absolute atomic E-state index is 13.9. The normalized spacial score (nSPS) is 12.5. The summed E-state index contributed by atoms with van der Waals surface area (Å²) in [6.07, 6.45) is 0.830. The lowest BCUT2D eigenvalue weighted by Crippen LogP contribution is -2.36. The van der Waals surface area contributed by atoms with Gasteiger partial charge in [-0.1, -0.05) is 12.1 Å². The monoisotopic (exact) mass is 648 g/mol. The quantitative estimate of drug-likeness (QED) is 0.0802. The van der Waals surface area contributed by atoms with Gasteiger partial charge in [-0.2, -0.15) is 0 Å². The highest BCUT2D eigenvalue weighted by Crippen LogP contribution is 2.35. The van der Waals surface area contributed by atoms with Gasteiger partial charge in [-0.15, -0.1) is 0 Å². The van der Waals surface area contributed by atoms with Crippen LogP contribution in [0.3, 0.4) is 0 Å². The summed E-state index contributed by atoms with van der Waals surface area (Å²) < 4.78 is 11.6. The van der Waals surface area contributed by atoms with Crippen molar-refractivity contribution in [1.82, 2.24) is 14.8 Å². The molecule has 1 aliphatic heterocycles. The van der Waals surface area contributed by atoms with Gasteiger partial charge in [0.25, 0.3) is 5.91 Å². The second-order valence-electron chi connectivity index (χ2n) is 10.5. The van der Waals surface area contributed by atoms with Crippen molar-refractivity contribution in [1.29, 1.82) is 0 Å². The van der Waals surface area contributed by atoms with Crippen molar-refractivity contribution in [2.45, 2.75) is 25.9 Å². The van der Waals surface area contributed by atoms with Crippen LogP contribution in [-0.4, -0.2) is 92.1 Å². The molecule has 16 nitrogen and oxygen atoms in total. The number of aliphatic imine (C=N–C) groups is 1. The Morgan fingerprint density at radius 2 is 1.53 bits per heavy atom. The number of para-hydroxylation sites is 1. The van der Waals surface area contributed by atoms with Gasteiger partial charge in [0.1, 0.15) is 6.54 Å². The number of carbonyl (C=O) groups excluding carboxylic acids is 2. The molecule has 0 bridgehead atoms. The molecule has 4 rings (SSSR count). The minimum atomic E-state index is -1.31.